The minimum atomic E-state index is 1.05. The Morgan fingerprint density at radius 1 is 0.591 bits per heavy atom. The van der Waals surface area contributed by atoms with Gasteiger partial charge in [-0.2, -0.15) is 0 Å². The minimum Gasteiger partial charge on any atom is -0.0654 e. The summed E-state index contributed by atoms with van der Waals surface area (Å²) in [6, 6.07) is 7.39. The molecule has 0 saturated carbocycles. The highest BCUT2D eigenvalue weighted by atomic mass is 14.1. The Morgan fingerprint density at radius 2 is 1.00 bits per heavy atom. The zero-order valence-electron chi connectivity index (χ0n) is 15.1. The average Bonchev–Trinajstić information content (AvgIpc) is 2.54. The Morgan fingerprint density at radius 3 is 1.36 bits per heavy atom. The number of unbranched alkanes of at least 4 members (excludes halogenated alkanes) is 7. The largest absolute Gasteiger partial charge is 0.0654 e. The van der Waals surface area contributed by atoms with E-state index in [1.807, 2.05) is 0 Å². The summed E-state index contributed by atoms with van der Waals surface area (Å²) >= 11 is 0. The monoisotopic (exact) mass is 301 g/mol. The van der Waals surface area contributed by atoms with Gasteiger partial charge in [0.05, 0.1) is 0 Å². The molecule has 0 nitrogen and oxygen atoms in total. The van der Waals surface area contributed by atoms with E-state index in [-0.39, 0.29) is 0 Å². The molecule has 0 heterocycles. The van der Waals surface area contributed by atoms with Crippen molar-refractivity contribution in [2.24, 2.45) is 0 Å². The quantitative estimate of drug-likeness (QED) is 0.341. The fourth-order valence-corrected chi connectivity index (χ4v) is 3.11. The molecule has 0 fully saturated rings. The number of hydrogen-bond donors (Lipinski definition) is 0. The summed E-state index contributed by atoms with van der Waals surface area (Å²) in [6.07, 6.45) is 16.9. The van der Waals surface area contributed by atoms with Gasteiger partial charge in [-0.3, -0.25) is 0 Å². The lowest BCUT2D eigenvalue weighted by Gasteiger charge is -2.10. The minimum absolute atomic E-state index is 1.05. The molecule has 1 radical (unpaired) electrons. The summed E-state index contributed by atoms with van der Waals surface area (Å²) in [5.74, 6) is 0. The van der Waals surface area contributed by atoms with E-state index >= 15 is 0 Å². The van der Waals surface area contributed by atoms with Crippen molar-refractivity contribution in [2.75, 3.05) is 0 Å². The van der Waals surface area contributed by atoms with Crippen molar-refractivity contribution in [3.63, 3.8) is 0 Å². The van der Waals surface area contributed by atoms with Crippen LogP contribution in [0.4, 0.5) is 0 Å². The summed E-state index contributed by atoms with van der Waals surface area (Å²) in [5, 5.41) is 0. The van der Waals surface area contributed by atoms with Crippen LogP contribution in [0.2, 0.25) is 0 Å². The predicted octanol–water partition coefficient (Wildman–Crippen LogP) is 7.09. The van der Waals surface area contributed by atoms with Crippen LogP contribution in [0.25, 0.3) is 0 Å². The summed E-state index contributed by atoms with van der Waals surface area (Å²) in [6.45, 7) is 8.56. The first-order chi connectivity index (χ1) is 10.8. The maximum atomic E-state index is 3.99. The van der Waals surface area contributed by atoms with E-state index in [4.69, 9.17) is 0 Å². The second-order valence-electron chi connectivity index (χ2n) is 6.74. The lowest BCUT2D eigenvalue weighted by Crippen LogP contribution is -1.96. The summed E-state index contributed by atoms with van der Waals surface area (Å²) in [5.41, 5.74) is 4.69. The van der Waals surface area contributed by atoms with Crippen LogP contribution < -0.4 is 0 Å². The molecule has 0 heteroatoms. The molecule has 0 unspecified atom stereocenters. The van der Waals surface area contributed by atoms with Crippen LogP contribution in [0.5, 0.6) is 0 Å². The number of aryl methyl sites for hydroxylation is 3. The van der Waals surface area contributed by atoms with Gasteiger partial charge in [-0.25, -0.2) is 0 Å². The molecule has 125 valence electrons. The third kappa shape index (κ3) is 8.61. The summed E-state index contributed by atoms with van der Waals surface area (Å²) in [7, 11) is 0. The molecular weight excluding hydrogens is 264 g/mol. The van der Waals surface area contributed by atoms with Crippen LogP contribution in [-0.4, -0.2) is 0 Å². The van der Waals surface area contributed by atoms with E-state index in [1.165, 1.54) is 77.0 Å². The van der Waals surface area contributed by atoms with Crippen molar-refractivity contribution in [1.29, 1.82) is 0 Å². The number of benzene rings is 1. The molecule has 22 heavy (non-hydrogen) atoms. The van der Waals surface area contributed by atoms with E-state index in [9.17, 15) is 0 Å². The highest BCUT2D eigenvalue weighted by Crippen LogP contribution is 2.18. The Hall–Kier alpha value is -0.780. The standard InChI is InChI=1S/C22H37/c1-4-7-10-12-15-21-17-20(14-9-6-3)18-22(19-21)16-13-11-8-5-2/h17-19H,3-16H2,1-2H3. The average molecular weight is 302 g/mol. The molecule has 0 amide bonds. The Bertz CT molecular complexity index is 347. The SMILES string of the molecule is [CH2]CCCc1cc(CCCCCC)cc(CCCCCC)c1. The molecule has 0 bridgehead atoms. The van der Waals surface area contributed by atoms with Crippen molar-refractivity contribution in [1.82, 2.24) is 0 Å². The van der Waals surface area contributed by atoms with Crippen LogP contribution in [0, 0.1) is 6.92 Å². The lowest BCUT2D eigenvalue weighted by molar-refractivity contribution is 0.660. The Kier molecular flexibility index (Phi) is 11.2. The van der Waals surface area contributed by atoms with Gasteiger partial charge >= 0.3 is 0 Å². The van der Waals surface area contributed by atoms with Crippen molar-refractivity contribution in [3.05, 3.63) is 41.8 Å². The fourth-order valence-electron chi connectivity index (χ4n) is 3.11. The van der Waals surface area contributed by atoms with Gasteiger partial charge in [0.25, 0.3) is 0 Å². The third-order valence-corrected chi connectivity index (χ3v) is 4.47. The molecule has 1 aromatic carbocycles. The molecule has 0 atom stereocenters. The first kappa shape index (κ1) is 19.3. The Balaban J connectivity index is 2.59. The number of rotatable bonds is 13. The first-order valence-electron chi connectivity index (χ1n) is 9.71. The molecule has 1 rings (SSSR count). The van der Waals surface area contributed by atoms with E-state index in [0.717, 1.165) is 6.42 Å². The van der Waals surface area contributed by atoms with Gasteiger partial charge in [0.1, 0.15) is 0 Å². The van der Waals surface area contributed by atoms with E-state index < -0.39 is 0 Å². The number of hydrogen-bond acceptors (Lipinski definition) is 0. The Labute approximate surface area is 139 Å². The van der Waals surface area contributed by atoms with Crippen LogP contribution >= 0.6 is 0 Å². The molecule has 0 spiro atoms. The van der Waals surface area contributed by atoms with Gasteiger partial charge in [0.15, 0.2) is 0 Å². The smallest absolute Gasteiger partial charge is 0.0279 e. The van der Waals surface area contributed by atoms with Gasteiger partial charge in [-0.05, 0) is 55.2 Å². The summed E-state index contributed by atoms with van der Waals surface area (Å²) in [4.78, 5) is 0. The maximum absolute atomic E-state index is 3.99. The van der Waals surface area contributed by atoms with Crippen LogP contribution in [0.3, 0.4) is 0 Å². The molecule has 0 saturated heterocycles. The topological polar surface area (TPSA) is 0 Å². The zero-order valence-corrected chi connectivity index (χ0v) is 15.1. The van der Waals surface area contributed by atoms with E-state index in [2.05, 4.69) is 39.0 Å². The van der Waals surface area contributed by atoms with Crippen molar-refractivity contribution < 1.29 is 0 Å². The second kappa shape index (κ2) is 12.7. The zero-order chi connectivity index (χ0) is 16.0. The summed E-state index contributed by atoms with van der Waals surface area (Å²) < 4.78 is 0. The van der Waals surface area contributed by atoms with Gasteiger partial charge in [-0.15, -0.1) is 0 Å². The normalized spacial score (nSPS) is 11.0. The molecule has 1 aromatic rings. The van der Waals surface area contributed by atoms with Gasteiger partial charge < -0.3 is 0 Å². The van der Waals surface area contributed by atoms with Crippen molar-refractivity contribution in [3.8, 4) is 0 Å². The van der Waals surface area contributed by atoms with Crippen LogP contribution in [-0.2, 0) is 19.3 Å². The highest BCUT2D eigenvalue weighted by Gasteiger charge is 2.02. The molecule has 0 aliphatic carbocycles. The molecule has 0 aromatic heterocycles. The maximum Gasteiger partial charge on any atom is -0.0279 e. The van der Waals surface area contributed by atoms with Gasteiger partial charge in [-0.1, -0.05) is 83.9 Å². The van der Waals surface area contributed by atoms with Crippen molar-refractivity contribution in [2.45, 2.75) is 97.3 Å². The third-order valence-electron chi connectivity index (χ3n) is 4.47. The van der Waals surface area contributed by atoms with Crippen molar-refractivity contribution >= 4 is 0 Å². The van der Waals surface area contributed by atoms with E-state index in [1.54, 1.807) is 16.7 Å². The van der Waals surface area contributed by atoms with Crippen LogP contribution in [0.15, 0.2) is 18.2 Å². The molecule has 0 aliphatic heterocycles. The predicted molar refractivity (Wildman–Crippen MR) is 100 cm³/mol. The van der Waals surface area contributed by atoms with Gasteiger partial charge in [0.2, 0.25) is 0 Å². The lowest BCUT2D eigenvalue weighted by atomic mass is 9.96. The molecule has 0 aliphatic rings. The molecule has 0 N–H and O–H groups in total. The van der Waals surface area contributed by atoms with E-state index in [0.29, 0.717) is 0 Å². The molecular formula is C22H37. The van der Waals surface area contributed by atoms with Gasteiger partial charge in [0, 0.05) is 0 Å². The van der Waals surface area contributed by atoms with Crippen LogP contribution in [0.1, 0.15) is 94.7 Å². The first-order valence-corrected chi connectivity index (χ1v) is 9.71. The highest BCUT2D eigenvalue weighted by molar-refractivity contribution is 5.30. The fraction of sp³-hybridized carbons (Fsp3) is 0.682. The second-order valence-corrected chi connectivity index (χ2v) is 6.74.